The highest BCUT2D eigenvalue weighted by molar-refractivity contribution is 9.10. The summed E-state index contributed by atoms with van der Waals surface area (Å²) in [5.74, 6) is -1.01. The van der Waals surface area contributed by atoms with Crippen LogP contribution < -0.4 is 0 Å². The molecule has 0 aliphatic heterocycles. The van der Waals surface area contributed by atoms with E-state index in [2.05, 4.69) is 20.9 Å². The number of aromatic nitrogens is 1. The number of carboxylic acid groups (broad SMARTS) is 1. The largest absolute Gasteiger partial charge is 0.477 e. The minimum absolute atomic E-state index is 0. The summed E-state index contributed by atoms with van der Waals surface area (Å²) < 4.78 is 0.775. The SMILES string of the molecule is Cl.O=C(O)c1ccc(Br)cn1. The normalized spacial score (nSPS) is 8.45. The van der Waals surface area contributed by atoms with Crippen molar-refractivity contribution >= 4 is 34.3 Å². The van der Waals surface area contributed by atoms with Crippen LogP contribution in [0, 0.1) is 0 Å². The third-order valence-electron chi connectivity index (χ3n) is 0.947. The molecule has 0 saturated carbocycles. The first kappa shape index (κ1) is 10.4. The smallest absolute Gasteiger partial charge is 0.354 e. The summed E-state index contributed by atoms with van der Waals surface area (Å²) >= 11 is 3.14. The van der Waals surface area contributed by atoms with E-state index in [0.29, 0.717) is 0 Å². The number of nitrogens with zero attached hydrogens (tertiary/aromatic N) is 1. The van der Waals surface area contributed by atoms with Gasteiger partial charge in [-0.3, -0.25) is 0 Å². The minimum atomic E-state index is -1.01. The van der Waals surface area contributed by atoms with Crippen LogP contribution in [0.5, 0.6) is 0 Å². The number of halogens is 2. The molecule has 0 aliphatic carbocycles. The van der Waals surface area contributed by atoms with Gasteiger partial charge in [0, 0.05) is 10.7 Å². The molecule has 1 aromatic rings. The highest BCUT2D eigenvalue weighted by Gasteiger charge is 2.01. The summed E-state index contributed by atoms with van der Waals surface area (Å²) in [7, 11) is 0. The Balaban J connectivity index is 0.000001000. The number of hydrogen-bond acceptors (Lipinski definition) is 2. The number of rotatable bonds is 1. The minimum Gasteiger partial charge on any atom is -0.477 e. The van der Waals surface area contributed by atoms with Crippen molar-refractivity contribution in [2.75, 3.05) is 0 Å². The molecule has 1 aromatic heterocycles. The van der Waals surface area contributed by atoms with Gasteiger partial charge in [0.05, 0.1) is 0 Å². The first-order valence-electron chi connectivity index (χ1n) is 2.55. The van der Waals surface area contributed by atoms with Gasteiger partial charge in [0.2, 0.25) is 0 Å². The van der Waals surface area contributed by atoms with Gasteiger partial charge in [-0.2, -0.15) is 0 Å². The van der Waals surface area contributed by atoms with Crippen LogP contribution >= 0.6 is 28.3 Å². The van der Waals surface area contributed by atoms with Gasteiger partial charge in [0.1, 0.15) is 5.69 Å². The summed E-state index contributed by atoms with van der Waals surface area (Å²) in [6.07, 6.45) is 1.45. The quantitative estimate of drug-likeness (QED) is 0.814. The van der Waals surface area contributed by atoms with E-state index in [1.807, 2.05) is 0 Å². The third-order valence-corrected chi connectivity index (χ3v) is 1.42. The topological polar surface area (TPSA) is 50.2 Å². The summed E-state index contributed by atoms with van der Waals surface area (Å²) in [5, 5.41) is 8.40. The Morgan fingerprint density at radius 2 is 2.18 bits per heavy atom. The van der Waals surface area contributed by atoms with E-state index in [-0.39, 0.29) is 18.1 Å². The number of carbonyl (C=O) groups is 1. The summed E-state index contributed by atoms with van der Waals surface area (Å²) in [6, 6.07) is 3.07. The lowest BCUT2D eigenvalue weighted by Gasteiger charge is -1.90. The molecule has 0 unspecified atom stereocenters. The van der Waals surface area contributed by atoms with Crippen molar-refractivity contribution in [1.82, 2.24) is 4.98 Å². The lowest BCUT2D eigenvalue weighted by atomic mass is 10.4. The van der Waals surface area contributed by atoms with Crippen molar-refractivity contribution in [3.63, 3.8) is 0 Å². The average Bonchev–Trinajstić information content (AvgIpc) is 1.88. The van der Waals surface area contributed by atoms with Crippen LogP contribution in [-0.2, 0) is 0 Å². The fourth-order valence-corrected chi connectivity index (χ4v) is 0.737. The van der Waals surface area contributed by atoms with Gasteiger partial charge in [-0.25, -0.2) is 9.78 Å². The lowest BCUT2D eigenvalue weighted by Crippen LogP contribution is -1.98. The molecule has 0 saturated heterocycles. The maximum Gasteiger partial charge on any atom is 0.354 e. The van der Waals surface area contributed by atoms with E-state index in [0.717, 1.165) is 4.47 Å². The van der Waals surface area contributed by atoms with Gasteiger partial charge < -0.3 is 5.11 Å². The van der Waals surface area contributed by atoms with Crippen LogP contribution in [0.2, 0.25) is 0 Å². The molecular formula is C6H5BrClNO2. The maximum atomic E-state index is 10.2. The molecule has 0 fully saturated rings. The Morgan fingerprint density at radius 3 is 2.55 bits per heavy atom. The zero-order valence-corrected chi connectivity index (χ0v) is 7.72. The molecule has 0 spiro atoms. The van der Waals surface area contributed by atoms with Gasteiger partial charge >= 0.3 is 5.97 Å². The zero-order chi connectivity index (χ0) is 7.56. The van der Waals surface area contributed by atoms with Gasteiger partial charge in [-0.15, -0.1) is 12.4 Å². The number of aromatic carboxylic acids is 1. The molecule has 1 rings (SSSR count). The Kier molecular flexibility index (Phi) is 4.07. The molecule has 0 aliphatic rings. The molecule has 0 aromatic carbocycles. The standard InChI is InChI=1S/C6H4BrNO2.ClH/c7-4-1-2-5(6(9)10)8-3-4;/h1-3H,(H,9,10);1H. The molecular weight excluding hydrogens is 233 g/mol. The van der Waals surface area contributed by atoms with Crippen LogP contribution in [0.3, 0.4) is 0 Å². The number of pyridine rings is 1. The van der Waals surface area contributed by atoms with Gasteiger partial charge in [0.15, 0.2) is 0 Å². The molecule has 60 valence electrons. The fourth-order valence-electron chi connectivity index (χ4n) is 0.502. The van der Waals surface area contributed by atoms with E-state index in [1.54, 1.807) is 6.07 Å². The van der Waals surface area contributed by atoms with Crippen molar-refractivity contribution in [3.8, 4) is 0 Å². The summed E-state index contributed by atoms with van der Waals surface area (Å²) in [5.41, 5.74) is 0.0585. The van der Waals surface area contributed by atoms with E-state index < -0.39 is 5.97 Å². The molecule has 0 bridgehead atoms. The van der Waals surface area contributed by atoms with Gasteiger partial charge in [-0.05, 0) is 28.1 Å². The van der Waals surface area contributed by atoms with E-state index >= 15 is 0 Å². The van der Waals surface area contributed by atoms with Gasteiger partial charge in [-0.1, -0.05) is 0 Å². The Hall–Kier alpha value is -0.610. The highest BCUT2D eigenvalue weighted by Crippen LogP contribution is 2.06. The van der Waals surface area contributed by atoms with Crippen LogP contribution in [-0.4, -0.2) is 16.1 Å². The highest BCUT2D eigenvalue weighted by atomic mass is 79.9. The van der Waals surface area contributed by atoms with E-state index in [4.69, 9.17) is 5.11 Å². The lowest BCUT2D eigenvalue weighted by molar-refractivity contribution is 0.0690. The van der Waals surface area contributed by atoms with Crippen molar-refractivity contribution in [3.05, 3.63) is 28.5 Å². The monoisotopic (exact) mass is 237 g/mol. The molecule has 1 N–H and O–H groups in total. The molecule has 3 nitrogen and oxygen atoms in total. The Bertz CT molecular complexity index is 249. The summed E-state index contributed by atoms with van der Waals surface area (Å²) in [6.45, 7) is 0. The first-order chi connectivity index (χ1) is 4.70. The molecule has 0 atom stereocenters. The second kappa shape index (κ2) is 4.31. The van der Waals surface area contributed by atoms with Crippen molar-refractivity contribution in [2.24, 2.45) is 0 Å². The van der Waals surface area contributed by atoms with Gasteiger partial charge in [0.25, 0.3) is 0 Å². The predicted octanol–water partition coefficient (Wildman–Crippen LogP) is 1.96. The van der Waals surface area contributed by atoms with Crippen molar-refractivity contribution in [1.29, 1.82) is 0 Å². The average molecular weight is 238 g/mol. The second-order valence-corrected chi connectivity index (χ2v) is 2.58. The summed E-state index contributed by atoms with van der Waals surface area (Å²) in [4.78, 5) is 13.9. The van der Waals surface area contributed by atoms with Crippen LogP contribution in [0.1, 0.15) is 10.5 Å². The number of carboxylic acids is 1. The maximum absolute atomic E-state index is 10.2. The Morgan fingerprint density at radius 1 is 1.55 bits per heavy atom. The second-order valence-electron chi connectivity index (χ2n) is 1.67. The van der Waals surface area contributed by atoms with Crippen molar-refractivity contribution in [2.45, 2.75) is 0 Å². The number of hydrogen-bond donors (Lipinski definition) is 1. The van der Waals surface area contributed by atoms with Crippen LogP contribution in [0.25, 0.3) is 0 Å². The fraction of sp³-hybridized carbons (Fsp3) is 0. The molecule has 11 heavy (non-hydrogen) atoms. The molecule has 0 amide bonds. The third kappa shape index (κ3) is 2.86. The molecule has 0 radical (unpaired) electrons. The van der Waals surface area contributed by atoms with Crippen LogP contribution in [0.4, 0.5) is 0 Å². The zero-order valence-electron chi connectivity index (χ0n) is 5.32. The van der Waals surface area contributed by atoms with E-state index in [1.165, 1.54) is 12.3 Å². The molecule has 5 heteroatoms. The van der Waals surface area contributed by atoms with Crippen molar-refractivity contribution < 1.29 is 9.90 Å². The van der Waals surface area contributed by atoms with Crippen LogP contribution in [0.15, 0.2) is 22.8 Å². The first-order valence-corrected chi connectivity index (χ1v) is 3.34. The molecule has 1 heterocycles. The Labute approximate surface area is 78.0 Å². The van der Waals surface area contributed by atoms with E-state index in [9.17, 15) is 4.79 Å². The predicted molar refractivity (Wildman–Crippen MR) is 46.1 cm³/mol.